The Morgan fingerprint density at radius 2 is 1.47 bits per heavy atom. The molecule has 1 aromatic carbocycles. The molecule has 4 unspecified atom stereocenters. The van der Waals surface area contributed by atoms with Gasteiger partial charge in [-0.2, -0.15) is 12.6 Å². The van der Waals surface area contributed by atoms with E-state index in [0.29, 0.717) is 0 Å². The average Bonchev–Trinajstić information content (AvgIpc) is 2.69. The first-order valence-electron chi connectivity index (χ1n) is 9.61. The SMILES string of the molecule is CC(N)C(=O)NC(CS)C(=O)NC(Cc1ccccc1)C(=O)NC(C(=O)O)C(C)C. The standard InChI is InChI=1S/C20H30N4O5S/c1-11(2)16(20(28)29)24-18(26)14(9-13-7-5-4-6-8-13)22-19(27)15(10-30)23-17(25)12(3)21/h4-8,11-12,14-16,30H,9-10,21H2,1-3H3,(H,22,27)(H,23,25)(H,24,26)(H,28,29). The third kappa shape index (κ3) is 8.03. The van der Waals surface area contributed by atoms with E-state index in [2.05, 4.69) is 28.6 Å². The smallest absolute Gasteiger partial charge is 0.326 e. The van der Waals surface area contributed by atoms with Crippen LogP contribution in [-0.2, 0) is 25.6 Å². The Balaban J connectivity index is 3.02. The van der Waals surface area contributed by atoms with Gasteiger partial charge in [0.15, 0.2) is 0 Å². The number of nitrogens with two attached hydrogens (primary N) is 1. The van der Waals surface area contributed by atoms with Crippen molar-refractivity contribution in [3.63, 3.8) is 0 Å². The van der Waals surface area contributed by atoms with Crippen molar-refractivity contribution in [1.29, 1.82) is 0 Å². The molecule has 9 nitrogen and oxygen atoms in total. The molecule has 0 saturated carbocycles. The molecule has 10 heteroatoms. The number of carboxylic acids is 1. The van der Waals surface area contributed by atoms with Gasteiger partial charge in [-0.1, -0.05) is 44.2 Å². The summed E-state index contributed by atoms with van der Waals surface area (Å²) in [5.74, 6) is -3.31. The van der Waals surface area contributed by atoms with Gasteiger partial charge in [0.1, 0.15) is 18.1 Å². The fourth-order valence-corrected chi connectivity index (χ4v) is 2.85. The molecule has 0 aliphatic rings. The number of hydrogen-bond acceptors (Lipinski definition) is 6. The van der Waals surface area contributed by atoms with Crippen molar-refractivity contribution in [2.45, 2.75) is 51.4 Å². The van der Waals surface area contributed by atoms with Crippen molar-refractivity contribution in [3.8, 4) is 0 Å². The van der Waals surface area contributed by atoms with Crippen molar-refractivity contribution >= 4 is 36.3 Å². The van der Waals surface area contributed by atoms with E-state index in [1.54, 1.807) is 38.1 Å². The minimum atomic E-state index is -1.17. The number of benzene rings is 1. The van der Waals surface area contributed by atoms with Crippen LogP contribution in [0.15, 0.2) is 30.3 Å². The van der Waals surface area contributed by atoms with Crippen LogP contribution < -0.4 is 21.7 Å². The number of carbonyl (C=O) groups excluding carboxylic acids is 3. The van der Waals surface area contributed by atoms with Gasteiger partial charge in [-0.25, -0.2) is 4.79 Å². The average molecular weight is 439 g/mol. The second kappa shape index (κ2) is 12.2. The molecule has 6 N–H and O–H groups in total. The first-order valence-corrected chi connectivity index (χ1v) is 10.2. The molecule has 0 spiro atoms. The van der Waals surface area contributed by atoms with E-state index in [9.17, 15) is 24.3 Å². The van der Waals surface area contributed by atoms with Crippen LogP contribution in [0.5, 0.6) is 0 Å². The maximum absolute atomic E-state index is 12.8. The van der Waals surface area contributed by atoms with Crippen molar-refractivity contribution < 1.29 is 24.3 Å². The Kier molecular flexibility index (Phi) is 10.3. The lowest BCUT2D eigenvalue weighted by Gasteiger charge is -2.25. The monoisotopic (exact) mass is 438 g/mol. The number of rotatable bonds is 11. The van der Waals surface area contributed by atoms with Gasteiger partial charge in [0.25, 0.3) is 0 Å². The molecule has 0 radical (unpaired) electrons. The molecule has 1 rings (SSSR count). The highest BCUT2D eigenvalue weighted by atomic mass is 32.1. The largest absolute Gasteiger partial charge is 0.480 e. The van der Waals surface area contributed by atoms with E-state index in [1.165, 1.54) is 6.92 Å². The molecule has 0 saturated heterocycles. The predicted molar refractivity (Wildman–Crippen MR) is 116 cm³/mol. The second-order valence-electron chi connectivity index (χ2n) is 7.35. The number of thiol groups is 1. The summed E-state index contributed by atoms with van der Waals surface area (Å²) < 4.78 is 0. The van der Waals surface area contributed by atoms with E-state index in [-0.39, 0.29) is 18.1 Å². The van der Waals surface area contributed by atoms with Crippen LogP contribution in [0.3, 0.4) is 0 Å². The Hall–Kier alpha value is -2.59. The van der Waals surface area contributed by atoms with E-state index >= 15 is 0 Å². The number of carboxylic acid groups (broad SMARTS) is 1. The quantitative estimate of drug-likeness (QED) is 0.261. The first-order chi connectivity index (χ1) is 14.1. The fraction of sp³-hybridized carbons (Fsp3) is 0.500. The van der Waals surface area contributed by atoms with E-state index < -0.39 is 47.9 Å². The lowest BCUT2D eigenvalue weighted by atomic mass is 10.0. The third-order valence-corrected chi connectivity index (χ3v) is 4.74. The summed E-state index contributed by atoms with van der Waals surface area (Å²) in [6.07, 6.45) is 0.142. The zero-order valence-electron chi connectivity index (χ0n) is 17.3. The van der Waals surface area contributed by atoms with Gasteiger partial charge in [-0.15, -0.1) is 0 Å². The Morgan fingerprint density at radius 3 is 1.93 bits per heavy atom. The van der Waals surface area contributed by atoms with Gasteiger partial charge in [0.2, 0.25) is 17.7 Å². The third-order valence-electron chi connectivity index (χ3n) is 4.38. The summed E-state index contributed by atoms with van der Waals surface area (Å²) in [5.41, 5.74) is 6.29. The highest BCUT2D eigenvalue weighted by Gasteiger charge is 2.30. The van der Waals surface area contributed by atoms with Crippen molar-refractivity contribution in [3.05, 3.63) is 35.9 Å². The number of amides is 3. The summed E-state index contributed by atoms with van der Waals surface area (Å²) in [5, 5.41) is 16.9. The van der Waals surface area contributed by atoms with Gasteiger partial charge in [-0.3, -0.25) is 14.4 Å². The summed E-state index contributed by atoms with van der Waals surface area (Å²) in [7, 11) is 0. The van der Waals surface area contributed by atoms with E-state index in [0.717, 1.165) is 5.56 Å². The molecular formula is C20H30N4O5S. The molecule has 0 aliphatic heterocycles. The second-order valence-corrected chi connectivity index (χ2v) is 7.72. The maximum Gasteiger partial charge on any atom is 0.326 e. The summed E-state index contributed by atoms with van der Waals surface area (Å²) in [6, 6.07) is 5.01. The van der Waals surface area contributed by atoms with Gasteiger partial charge in [0, 0.05) is 12.2 Å². The molecule has 0 heterocycles. The Morgan fingerprint density at radius 1 is 0.933 bits per heavy atom. The van der Waals surface area contributed by atoms with Crippen LogP contribution in [0.4, 0.5) is 0 Å². The van der Waals surface area contributed by atoms with Crippen LogP contribution in [-0.4, -0.2) is 58.7 Å². The topological polar surface area (TPSA) is 151 Å². The van der Waals surface area contributed by atoms with Crippen molar-refractivity contribution in [2.24, 2.45) is 11.7 Å². The van der Waals surface area contributed by atoms with Crippen molar-refractivity contribution in [2.75, 3.05) is 5.75 Å². The summed E-state index contributed by atoms with van der Waals surface area (Å²) in [4.78, 5) is 48.8. The molecular weight excluding hydrogens is 408 g/mol. The van der Waals surface area contributed by atoms with E-state index in [1.807, 2.05) is 6.07 Å². The predicted octanol–water partition coefficient (Wildman–Crippen LogP) is -0.299. The lowest BCUT2D eigenvalue weighted by molar-refractivity contribution is -0.143. The summed E-state index contributed by atoms with van der Waals surface area (Å²) in [6.45, 7) is 4.82. The van der Waals surface area contributed by atoms with Crippen LogP contribution >= 0.6 is 12.6 Å². The maximum atomic E-state index is 12.8. The molecule has 0 bridgehead atoms. The van der Waals surface area contributed by atoms with Gasteiger partial charge < -0.3 is 26.8 Å². The normalized spacial score (nSPS) is 14.9. The molecule has 0 aliphatic carbocycles. The van der Waals surface area contributed by atoms with Crippen LogP contribution in [0.1, 0.15) is 26.3 Å². The van der Waals surface area contributed by atoms with Gasteiger partial charge in [-0.05, 0) is 18.4 Å². The van der Waals surface area contributed by atoms with Crippen LogP contribution in [0.25, 0.3) is 0 Å². The molecule has 4 atom stereocenters. The Labute approximate surface area is 181 Å². The summed E-state index contributed by atoms with van der Waals surface area (Å²) >= 11 is 4.09. The van der Waals surface area contributed by atoms with Crippen molar-refractivity contribution in [1.82, 2.24) is 16.0 Å². The first kappa shape index (κ1) is 25.4. The molecule has 1 aromatic rings. The fourth-order valence-electron chi connectivity index (χ4n) is 2.60. The van der Waals surface area contributed by atoms with Crippen LogP contribution in [0.2, 0.25) is 0 Å². The molecule has 0 aromatic heterocycles. The number of nitrogens with one attached hydrogen (secondary N) is 3. The van der Waals surface area contributed by atoms with Gasteiger partial charge >= 0.3 is 5.97 Å². The zero-order chi connectivity index (χ0) is 22.8. The highest BCUT2D eigenvalue weighted by Crippen LogP contribution is 2.07. The molecule has 166 valence electrons. The minimum Gasteiger partial charge on any atom is -0.480 e. The molecule has 0 fully saturated rings. The number of carbonyl (C=O) groups is 4. The number of hydrogen-bond donors (Lipinski definition) is 6. The number of aliphatic carboxylic acids is 1. The Bertz CT molecular complexity index is 742. The molecule has 30 heavy (non-hydrogen) atoms. The minimum absolute atomic E-state index is 0.00624. The highest BCUT2D eigenvalue weighted by molar-refractivity contribution is 7.80. The zero-order valence-corrected chi connectivity index (χ0v) is 18.2. The van der Waals surface area contributed by atoms with Crippen LogP contribution in [0, 0.1) is 5.92 Å². The lowest BCUT2D eigenvalue weighted by Crippen LogP contribution is -2.58. The molecule has 3 amide bonds. The van der Waals surface area contributed by atoms with Gasteiger partial charge in [0.05, 0.1) is 6.04 Å². The van der Waals surface area contributed by atoms with E-state index in [4.69, 9.17) is 5.73 Å².